The van der Waals surface area contributed by atoms with Gasteiger partial charge in [0, 0.05) is 13.5 Å². The Hall–Kier alpha value is -1.88. The maximum absolute atomic E-state index is 11.8. The summed E-state index contributed by atoms with van der Waals surface area (Å²) >= 11 is 0. The molecule has 1 aliphatic heterocycles. The normalized spacial score (nSPS) is 18.5. The third kappa shape index (κ3) is 2.45. The molecule has 5 heteroatoms. The first-order chi connectivity index (χ1) is 8.22. The van der Waals surface area contributed by atoms with E-state index < -0.39 is 6.10 Å². The van der Waals surface area contributed by atoms with Crippen LogP contribution in [0, 0.1) is 0 Å². The third-order valence-corrected chi connectivity index (χ3v) is 2.64. The lowest BCUT2D eigenvalue weighted by atomic mass is 10.0. The van der Waals surface area contributed by atoms with Crippen LogP contribution in [0.2, 0.25) is 0 Å². The minimum Gasteiger partial charge on any atom is -0.382 e. The quantitative estimate of drug-likeness (QED) is 0.738. The summed E-state index contributed by atoms with van der Waals surface area (Å²) < 4.78 is 0. The molecule has 1 heterocycles. The van der Waals surface area contributed by atoms with E-state index in [-0.39, 0.29) is 5.91 Å². The van der Waals surface area contributed by atoms with E-state index in [0.717, 1.165) is 16.3 Å². The van der Waals surface area contributed by atoms with Crippen molar-refractivity contribution in [3.63, 3.8) is 0 Å². The zero-order chi connectivity index (χ0) is 12.3. The molecule has 1 aromatic carbocycles. The summed E-state index contributed by atoms with van der Waals surface area (Å²) in [7, 11) is 2.98. The molecule has 0 fully saturated rings. The Kier molecular flexibility index (Phi) is 3.39. The van der Waals surface area contributed by atoms with Crippen molar-refractivity contribution in [2.75, 3.05) is 14.2 Å². The van der Waals surface area contributed by atoms with Crippen LogP contribution in [0.5, 0.6) is 0 Å². The molecule has 1 aliphatic rings. The minimum atomic E-state index is -0.588. The highest BCUT2D eigenvalue weighted by Gasteiger charge is 2.31. The van der Waals surface area contributed by atoms with Crippen LogP contribution in [-0.4, -0.2) is 36.9 Å². The molecule has 0 spiro atoms. The molecule has 0 N–H and O–H groups in total. The molecule has 1 atom stereocenters. The number of carbonyl (C=O) groups is 1. The molecule has 0 saturated carbocycles. The summed E-state index contributed by atoms with van der Waals surface area (Å²) in [6.45, 7) is 0. The number of rotatable bonds is 3. The van der Waals surface area contributed by atoms with Gasteiger partial charge in [0.05, 0.1) is 12.8 Å². The van der Waals surface area contributed by atoms with Crippen LogP contribution >= 0.6 is 0 Å². The van der Waals surface area contributed by atoms with Crippen molar-refractivity contribution in [3.8, 4) is 0 Å². The standard InChI is InChI=1S/C12H14N2O3/c1-14(16-2)12(15)11-8-10(13-17-11)9-6-4-3-5-7-9/h3-7,11H,8H2,1-2H3. The van der Waals surface area contributed by atoms with Crippen molar-refractivity contribution < 1.29 is 14.5 Å². The summed E-state index contributed by atoms with van der Waals surface area (Å²) in [4.78, 5) is 21.7. The van der Waals surface area contributed by atoms with E-state index in [4.69, 9.17) is 9.68 Å². The average molecular weight is 234 g/mol. The highest BCUT2D eigenvalue weighted by atomic mass is 16.7. The molecular weight excluding hydrogens is 220 g/mol. The summed E-state index contributed by atoms with van der Waals surface area (Å²) in [5, 5.41) is 5.09. The molecule has 1 unspecified atom stereocenters. The van der Waals surface area contributed by atoms with Gasteiger partial charge in [0.25, 0.3) is 5.91 Å². The number of nitrogens with zero attached hydrogens (tertiary/aromatic N) is 2. The fourth-order valence-electron chi connectivity index (χ4n) is 1.60. The first-order valence-corrected chi connectivity index (χ1v) is 5.32. The summed E-state index contributed by atoms with van der Waals surface area (Å²) in [5.41, 5.74) is 1.76. The molecule has 2 rings (SSSR count). The average Bonchev–Trinajstić information content (AvgIpc) is 2.87. The van der Waals surface area contributed by atoms with Gasteiger partial charge in [-0.3, -0.25) is 9.63 Å². The molecular formula is C12H14N2O3. The van der Waals surface area contributed by atoms with Crippen molar-refractivity contribution in [1.82, 2.24) is 5.06 Å². The van der Waals surface area contributed by atoms with E-state index in [1.54, 1.807) is 7.05 Å². The van der Waals surface area contributed by atoms with E-state index in [1.165, 1.54) is 7.11 Å². The molecule has 1 amide bonds. The van der Waals surface area contributed by atoms with Gasteiger partial charge in [-0.2, -0.15) is 0 Å². The van der Waals surface area contributed by atoms with Gasteiger partial charge in [0.15, 0.2) is 0 Å². The molecule has 0 aromatic heterocycles. The molecule has 17 heavy (non-hydrogen) atoms. The van der Waals surface area contributed by atoms with Gasteiger partial charge in [-0.1, -0.05) is 35.5 Å². The predicted molar refractivity (Wildman–Crippen MR) is 62.2 cm³/mol. The number of hydrogen-bond donors (Lipinski definition) is 0. The van der Waals surface area contributed by atoms with Gasteiger partial charge in [-0.05, 0) is 5.56 Å². The van der Waals surface area contributed by atoms with Crippen LogP contribution in [0.3, 0.4) is 0 Å². The number of hydrogen-bond acceptors (Lipinski definition) is 4. The second kappa shape index (κ2) is 4.97. The lowest BCUT2D eigenvalue weighted by molar-refractivity contribution is -0.179. The molecule has 0 bridgehead atoms. The Labute approximate surface area is 99.6 Å². The van der Waals surface area contributed by atoms with Crippen molar-refractivity contribution in [3.05, 3.63) is 35.9 Å². The van der Waals surface area contributed by atoms with Crippen molar-refractivity contribution >= 4 is 11.6 Å². The number of benzene rings is 1. The predicted octanol–water partition coefficient (Wildman–Crippen LogP) is 1.20. The Bertz CT molecular complexity index is 431. The van der Waals surface area contributed by atoms with Crippen LogP contribution < -0.4 is 0 Å². The highest BCUT2D eigenvalue weighted by Crippen LogP contribution is 2.17. The smallest absolute Gasteiger partial charge is 0.290 e. The molecule has 0 aliphatic carbocycles. The number of hydroxylamine groups is 2. The van der Waals surface area contributed by atoms with E-state index in [0.29, 0.717) is 6.42 Å². The SMILES string of the molecule is CON(C)C(=O)C1CC(c2ccccc2)=NO1. The van der Waals surface area contributed by atoms with Crippen LogP contribution in [0.25, 0.3) is 0 Å². The third-order valence-electron chi connectivity index (χ3n) is 2.64. The van der Waals surface area contributed by atoms with Crippen molar-refractivity contribution in [1.29, 1.82) is 0 Å². The lowest BCUT2D eigenvalue weighted by Crippen LogP contribution is -2.35. The molecule has 5 nitrogen and oxygen atoms in total. The maximum Gasteiger partial charge on any atom is 0.290 e. The van der Waals surface area contributed by atoms with Crippen molar-refractivity contribution in [2.24, 2.45) is 5.16 Å². The fraction of sp³-hybridized carbons (Fsp3) is 0.333. The highest BCUT2D eigenvalue weighted by molar-refractivity contribution is 6.03. The van der Waals surface area contributed by atoms with Gasteiger partial charge < -0.3 is 4.84 Å². The van der Waals surface area contributed by atoms with Crippen LogP contribution in [-0.2, 0) is 14.5 Å². The minimum absolute atomic E-state index is 0.234. The van der Waals surface area contributed by atoms with Crippen LogP contribution in [0.15, 0.2) is 35.5 Å². The topological polar surface area (TPSA) is 51.1 Å². The van der Waals surface area contributed by atoms with E-state index in [9.17, 15) is 4.79 Å². The molecule has 1 aromatic rings. The van der Waals surface area contributed by atoms with Crippen LogP contribution in [0.4, 0.5) is 0 Å². The second-order valence-electron chi connectivity index (χ2n) is 3.72. The van der Waals surface area contributed by atoms with Gasteiger partial charge in [0.1, 0.15) is 0 Å². The zero-order valence-corrected chi connectivity index (χ0v) is 9.79. The molecule has 0 radical (unpaired) electrons. The summed E-state index contributed by atoms with van der Waals surface area (Å²) in [5.74, 6) is -0.234. The van der Waals surface area contributed by atoms with Crippen LogP contribution in [0.1, 0.15) is 12.0 Å². The maximum atomic E-state index is 11.8. The van der Waals surface area contributed by atoms with Crippen molar-refractivity contribution in [2.45, 2.75) is 12.5 Å². The monoisotopic (exact) mass is 234 g/mol. The van der Waals surface area contributed by atoms with Gasteiger partial charge >= 0.3 is 0 Å². The number of oxime groups is 1. The Balaban J connectivity index is 2.02. The zero-order valence-electron chi connectivity index (χ0n) is 9.79. The molecule has 90 valence electrons. The van der Waals surface area contributed by atoms with Gasteiger partial charge in [-0.15, -0.1) is 0 Å². The number of likely N-dealkylation sites (N-methyl/N-ethyl adjacent to an activating group) is 1. The largest absolute Gasteiger partial charge is 0.382 e. The Morgan fingerprint density at radius 3 is 2.82 bits per heavy atom. The summed E-state index contributed by atoms with van der Waals surface area (Å²) in [6, 6.07) is 9.66. The molecule has 0 saturated heterocycles. The number of amides is 1. The first-order valence-electron chi connectivity index (χ1n) is 5.32. The van der Waals surface area contributed by atoms with Gasteiger partial charge in [-0.25, -0.2) is 5.06 Å². The lowest BCUT2D eigenvalue weighted by Gasteiger charge is -2.16. The Morgan fingerprint density at radius 2 is 2.18 bits per heavy atom. The summed E-state index contributed by atoms with van der Waals surface area (Å²) in [6.07, 6.45) is -0.119. The van der Waals surface area contributed by atoms with Gasteiger partial charge in [0.2, 0.25) is 6.10 Å². The van der Waals surface area contributed by atoms with E-state index in [2.05, 4.69) is 5.16 Å². The van der Waals surface area contributed by atoms with E-state index >= 15 is 0 Å². The number of carbonyl (C=O) groups excluding carboxylic acids is 1. The second-order valence-corrected chi connectivity index (χ2v) is 3.72. The Morgan fingerprint density at radius 1 is 1.47 bits per heavy atom. The fourth-order valence-corrected chi connectivity index (χ4v) is 1.60. The first kappa shape index (κ1) is 11.6. The van der Waals surface area contributed by atoms with E-state index in [1.807, 2.05) is 30.3 Å².